The zero-order valence-electron chi connectivity index (χ0n) is 10.5. The molecule has 0 heterocycles. The summed E-state index contributed by atoms with van der Waals surface area (Å²) in [5.41, 5.74) is 1.41. The van der Waals surface area contributed by atoms with Gasteiger partial charge in [-0.1, -0.05) is 55.8 Å². The number of rotatable bonds is 1. The van der Waals surface area contributed by atoms with E-state index in [1.54, 1.807) is 0 Å². The Bertz CT molecular complexity index is 379. The molecule has 0 spiro atoms. The van der Waals surface area contributed by atoms with Gasteiger partial charge in [-0.2, -0.15) is 0 Å². The molecule has 0 radical (unpaired) electrons. The first kappa shape index (κ1) is 12.9. The maximum Gasteiger partial charge on any atom is 0.0897 e. The standard InChI is InChI=1S/C15H21ClO/c1-12-7-8-13(11-14(12)16)15(17)9-5-3-2-4-6-10-15/h7-8,11,17H,2-6,9-10H2,1H3. The molecule has 1 aliphatic carbocycles. The highest BCUT2D eigenvalue weighted by atomic mass is 35.5. The fraction of sp³-hybridized carbons (Fsp3) is 0.600. The molecule has 1 aromatic carbocycles. The summed E-state index contributed by atoms with van der Waals surface area (Å²) in [4.78, 5) is 0. The van der Waals surface area contributed by atoms with Crippen LogP contribution in [0.5, 0.6) is 0 Å². The molecule has 1 nitrogen and oxygen atoms in total. The lowest BCUT2D eigenvalue weighted by Gasteiger charge is -2.31. The van der Waals surface area contributed by atoms with E-state index < -0.39 is 5.60 Å². The van der Waals surface area contributed by atoms with Crippen molar-refractivity contribution in [2.45, 2.75) is 57.5 Å². The Labute approximate surface area is 109 Å². The van der Waals surface area contributed by atoms with E-state index in [1.807, 2.05) is 25.1 Å². The molecule has 0 aromatic heterocycles. The average Bonchev–Trinajstić information content (AvgIpc) is 2.28. The van der Waals surface area contributed by atoms with Crippen molar-refractivity contribution in [1.29, 1.82) is 0 Å². The van der Waals surface area contributed by atoms with Crippen molar-refractivity contribution >= 4 is 11.6 Å². The van der Waals surface area contributed by atoms with Crippen molar-refractivity contribution in [2.75, 3.05) is 0 Å². The highest BCUT2D eigenvalue weighted by Gasteiger charge is 2.29. The van der Waals surface area contributed by atoms with Gasteiger partial charge in [0.2, 0.25) is 0 Å². The van der Waals surface area contributed by atoms with Gasteiger partial charge in [-0.05, 0) is 37.0 Å². The van der Waals surface area contributed by atoms with E-state index >= 15 is 0 Å². The molecule has 2 heteroatoms. The van der Waals surface area contributed by atoms with Crippen LogP contribution in [-0.4, -0.2) is 5.11 Å². The third-order valence-corrected chi connectivity index (χ3v) is 4.30. The summed E-state index contributed by atoms with van der Waals surface area (Å²) in [7, 11) is 0. The Hall–Kier alpha value is -0.530. The largest absolute Gasteiger partial charge is 0.385 e. The Morgan fingerprint density at radius 1 is 1.06 bits per heavy atom. The number of benzene rings is 1. The van der Waals surface area contributed by atoms with Gasteiger partial charge in [-0.15, -0.1) is 0 Å². The molecule has 0 amide bonds. The minimum Gasteiger partial charge on any atom is -0.385 e. The summed E-state index contributed by atoms with van der Waals surface area (Å²) in [6, 6.07) is 5.98. The van der Waals surface area contributed by atoms with Crippen molar-refractivity contribution in [1.82, 2.24) is 0 Å². The highest BCUT2D eigenvalue weighted by Crippen LogP contribution is 2.36. The van der Waals surface area contributed by atoms with Crippen LogP contribution in [-0.2, 0) is 5.60 Å². The molecular weight excluding hydrogens is 232 g/mol. The molecule has 0 aliphatic heterocycles. The lowest BCUT2D eigenvalue weighted by molar-refractivity contribution is 0.00961. The van der Waals surface area contributed by atoms with Crippen LogP contribution in [0.4, 0.5) is 0 Å². The van der Waals surface area contributed by atoms with Gasteiger partial charge in [-0.3, -0.25) is 0 Å². The lowest BCUT2D eigenvalue weighted by atomic mass is 9.81. The maximum absolute atomic E-state index is 10.8. The van der Waals surface area contributed by atoms with Gasteiger partial charge in [0.05, 0.1) is 5.60 Å². The van der Waals surface area contributed by atoms with Crippen LogP contribution in [0.1, 0.15) is 56.1 Å². The molecule has 0 bridgehead atoms. The second-order valence-electron chi connectivity index (χ2n) is 5.26. The fourth-order valence-electron chi connectivity index (χ4n) is 2.66. The van der Waals surface area contributed by atoms with Crippen molar-refractivity contribution in [3.05, 3.63) is 34.3 Å². The van der Waals surface area contributed by atoms with E-state index in [-0.39, 0.29) is 0 Å². The minimum atomic E-state index is -0.655. The quantitative estimate of drug-likeness (QED) is 0.776. The molecule has 1 aromatic rings. The minimum absolute atomic E-state index is 0.655. The maximum atomic E-state index is 10.8. The molecule has 1 N–H and O–H groups in total. The molecule has 0 saturated heterocycles. The first-order chi connectivity index (χ1) is 8.12. The summed E-state index contributed by atoms with van der Waals surface area (Å²) in [5.74, 6) is 0. The summed E-state index contributed by atoms with van der Waals surface area (Å²) in [5, 5.41) is 11.6. The average molecular weight is 253 g/mol. The first-order valence-corrected chi connectivity index (χ1v) is 6.99. The van der Waals surface area contributed by atoms with Crippen LogP contribution < -0.4 is 0 Å². The third kappa shape index (κ3) is 3.02. The lowest BCUT2D eigenvalue weighted by Crippen LogP contribution is -2.26. The summed E-state index contributed by atoms with van der Waals surface area (Å²) in [6.45, 7) is 1.99. The molecule has 2 rings (SSSR count). The van der Waals surface area contributed by atoms with E-state index in [4.69, 9.17) is 11.6 Å². The van der Waals surface area contributed by atoms with Crippen LogP contribution in [0.25, 0.3) is 0 Å². The number of halogens is 1. The summed E-state index contributed by atoms with van der Waals surface area (Å²) < 4.78 is 0. The zero-order valence-corrected chi connectivity index (χ0v) is 11.3. The summed E-state index contributed by atoms with van der Waals surface area (Å²) in [6.07, 6.45) is 7.75. The van der Waals surface area contributed by atoms with Crippen molar-refractivity contribution in [3.63, 3.8) is 0 Å². The Morgan fingerprint density at radius 2 is 1.65 bits per heavy atom. The molecule has 1 aliphatic rings. The Kier molecular flexibility index (Phi) is 4.11. The first-order valence-electron chi connectivity index (χ1n) is 6.61. The molecule has 94 valence electrons. The van der Waals surface area contributed by atoms with E-state index in [0.717, 1.165) is 41.8 Å². The van der Waals surface area contributed by atoms with Crippen LogP contribution in [0, 0.1) is 6.92 Å². The molecule has 17 heavy (non-hydrogen) atoms. The van der Waals surface area contributed by atoms with Crippen molar-refractivity contribution in [2.24, 2.45) is 0 Å². The van der Waals surface area contributed by atoms with Crippen molar-refractivity contribution < 1.29 is 5.11 Å². The van der Waals surface area contributed by atoms with Crippen LogP contribution >= 0.6 is 11.6 Å². The predicted molar refractivity (Wildman–Crippen MR) is 72.4 cm³/mol. The van der Waals surface area contributed by atoms with Gasteiger partial charge in [-0.25, -0.2) is 0 Å². The van der Waals surface area contributed by atoms with Crippen LogP contribution in [0.15, 0.2) is 18.2 Å². The van der Waals surface area contributed by atoms with Crippen molar-refractivity contribution in [3.8, 4) is 0 Å². The number of hydrogen-bond donors (Lipinski definition) is 1. The zero-order chi connectivity index (χ0) is 12.3. The normalized spacial score (nSPS) is 20.6. The Morgan fingerprint density at radius 3 is 2.24 bits per heavy atom. The van der Waals surface area contributed by atoms with E-state index in [9.17, 15) is 5.11 Å². The van der Waals surface area contributed by atoms with Gasteiger partial charge in [0.25, 0.3) is 0 Å². The van der Waals surface area contributed by atoms with Gasteiger partial charge < -0.3 is 5.11 Å². The number of aliphatic hydroxyl groups is 1. The Balaban J connectivity index is 2.24. The molecular formula is C15H21ClO. The van der Waals surface area contributed by atoms with Gasteiger partial charge in [0.15, 0.2) is 0 Å². The second kappa shape index (κ2) is 5.41. The predicted octanol–water partition coefficient (Wildman–Crippen LogP) is 4.58. The molecule has 0 atom stereocenters. The van der Waals surface area contributed by atoms with Crippen LogP contribution in [0.3, 0.4) is 0 Å². The molecule has 1 fully saturated rings. The fourth-order valence-corrected chi connectivity index (χ4v) is 2.84. The number of hydrogen-bond acceptors (Lipinski definition) is 1. The third-order valence-electron chi connectivity index (χ3n) is 3.89. The molecule has 0 unspecified atom stereocenters. The van der Waals surface area contributed by atoms with Crippen LogP contribution in [0.2, 0.25) is 5.02 Å². The second-order valence-corrected chi connectivity index (χ2v) is 5.67. The smallest absolute Gasteiger partial charge is 0.0897 e. The number of aryl methyl sites for hydroxylation is 1. The van der Waals surface area contributed by atoms with E-state index in [1.165, 1.54) is 19.3 Å². The SMILES string of the molecule is Cc1ccc(C2(O)CCCCCCC2)cc1Cl. The van der Waals surface area contributed by atoms with Gasteiger partial charge in [0.1, 0.15) is 0 Å². The van der Waals surface area contributed by atoms with Gasteiger partial charge in [0, 0.05) is 5.02 Å². The topological polar surface area (TPSA) is 20.2 Å². The van der Waals surface area contributed by atoms with Gasteiger partial charge >= 0.3 is 0 Å². The summed E-state index contributed by atoms with van der Waals surface area (Å²) >= 11 is 6.16. The molecule has 1 saturated carbocycles. The highest BCUT2D eigenvalue weighted by molar-refractivity contribution is 6.31. The monoisotopic (exact) mass is 252 g/mol. The van der Waals surface area contributed by atoms with E-state index in [2.05, 4.69) is 0 Å². The van der Waals surface area contributed by atoms with E-state index in [0.29, 0.717) is 0 Å².